The molecule has 0 saturated heterocycles. The second-order valence-corrected chi connectivity index (χ2v) is 4.87. The van der Waals surface area contributed by atoms with Gasteiger partial charge in [-0.05, 0) is 0 Å². The van der Waals surface area contributed by atoms with Gasteiger partial charge >= 0.3 is 23.9 Å². The molecule has 0 aromatic carbocycles. The number of hydrogen-bond acceptors (Lipinski definition) is 10. The number of esters is 4. The number of rotatable bonds is 9. The third-order valence-electron chi connectivity index (χ3n) is 2.66. The van der Waals surface area contributed by atoms with Crippen LogP contribution in [0.2, 0.25) is 0 Å². The molecule has 25 heavy (non-hydrogen) atoms. The first-order chi connectivity index (χ1) is 11.6. The highest BCUT2D eigenvalue weighted by atomic mass is 16.6. The maximum absolute atomic E-state index is 11.4. The number of nitrogens with zero attached hydrogens (tertiary/aromatic N) is 1. The summed E-state index contributed by atoms with van der Waals surface area (Å²) in [5.41, 5.74) is 0. The molecule has 0 N–H and O–H groups in total. The largest absolute Gasteiger partial charge is 0.457 e. The zero-order chi connectivity index (χ0) is 19.6. The van der Waals surface area contributed by atoms with Gasteiger partial charge in [0.2, 0.25) is 0 Å². The third kappa shape index (κ3) is 8.45. The van der Waals surface area contributed by atoms with Crippen molar-refractivity contribution in [2.45, 2.75) is 58.5 Å². The summed E-state index contributed by atoms with van der Waals surface area (Å²) in [6.45, 7) is 4.11. The summed E-state index contributed by atoms with van der Waals surface area (Å²) in [4.78, 5) is 56.4. The number of hydrogen-bond donors (Lipinski definition) is 0. The fraction of sp³-hybridized carbons (Fsp3) is 0.600. The van der Waals surface area contributed by atoms with Crippen LogP contribution in [-0.4, -0.2) is 54.6 Å². The lowest BCUT2D eigenvalue weighted by molar-refractivity contribution is -0.196. The number of carbonyl (C=O) groups excluding carboxylic acids is 5. The Kier molecular flexibility index (Phi) is 9.47. The quantitative estimate of drug-likeness (QED) is 0.309. The minimum Gasteiger partial charge on any atom is -0.457 e. The Morgan fingerprint density at radius 3 is 1.64 bits per heavy atom. The van der Waals surface area contributed by atoms with Crippen LogP contribution < -0.4 is 0 Å². The first-order valence-corrected chi connectivity index (χ1v) is 7.13. The first kappa shape index (κ1) is 22.0. The second kappa shape index (κ2) is 10.7. The smallest absolute Gasteiger partial charge is 0.303 e. The van der Waals surface area contributed by atoms with Crippen molar-refractivity contribution in [1.29, 1.82) is 5.26 Å². The van der Waals surface area contributed by atoms with Crippen LogP contribution in [0.4, 0.5) is 0 Å². The molecule has 0 saturated carbocycles. The van der Waals surface area contributed by atoms with E-state index in [9.17, 15) is 24.0 Å². The van der Waals surface area contributed by atoms with E-state index in [1.807, 2.05) is 0 Å². The van der Waals surface area contributed by atoms with Crippen LogP contribution >= 0.6 is 0 Å². The highest BCUT2D eigenvalue weighted by Gasteiger charge is 2.43. The Balaban J connectivity index is 5.93. The van der Waals surface area contributed by atoms with Crippen LogP contribution in [0.15, 0.2) is 0 Å². The molecule has 10 nitrogen and oxygen atoms in total. The van der Waals surface area contributed by atoms with Gasteiger partial charge in [0.25, 0.3) is 0 Å². The molecule has 10 heteroatoms. The Hall–Kier alpha value is -2.96. The molecular weight excluding hydrogens is 338 g/mol. The molecule has 0 aromatic rings. The van der Waals surface area contributed by atoms with E-state index in [1.54, 1.807) is 6.07 Å². The fourth-order valence-corrected chi connectivity index (χ4v) is 1.95. The average molecular weight is 357 g/mol. The highest BCUT2D eigenvalue weighted by molar-refractivity contribution is 5.72. The van der Waals surface area contributed by atoms with Gasteiger partial charge in [0.05, 0.1) is 12.5 Å². The van der Waals surface area contributed by atoms with E-state index in [2.05, 4.69) is 0 Å². The van der Waals surface area contributed by atoms with Crippen LogP contribution in [0.5, 0.6) is 0 Å². The van der Waals surface area contributed by atoms with E-state index < -0.39 is 54.7 Å². The van der Waals surface area contributed by atoms with Crippen LogP contribution in [-0.2, 0) is 42.9 Å². The maximum Gasteiger partial charge on any atom is 0.303 e. The fourth-order valence-electron chi connectivity index (χ4n) is 1.95. The predicted molar refractivity (Wildman–Crippen MR) is 78.5 cm³/mol. The molecule has 0 unspecified atom stereocenters. The van der Waals surface area contributed by atoms with Crippen LogP contribution in [0.3, 0.4) is 0 Å². The molecule has 0 spiro atoms. The van der Waals surface area contributed by atoms with Gasteiger partial charge in [0, 0.05) is 27.7 Å². The van der Waals surface area contributed by atoms with Crippen molar-refractivity contribution < 1.29 is 42.9 Å². The van der Waals surface area contributed by atoms with Crippen LogP contribution in [0, 0.1) is 11.3 Å². The third-order valence-corrected chi connectivity index (χ3v) is 2.66. The minimum atomic E-state index is -1.64. The standard InChI is InChI=1S/C15H19NO9/c1-8(18)22-12(5-6-16)14(24-10(3)20)15(25-11(4)21)13(7-17)23-9(2)19/h7,12-15H,5H2,1-4H3/t12-,13+,14+,15-/m0/s1. The maximum atomic E-state index is 11.4. The second-order valence-electron chi connectivity index (χ2n) is 4.87. The molecular formula is C15H19NO9. The summed E-state index contributed by atoms with van der Waals surface area (Å²) in [5, 5.41) is 8.89. The van der Waals surface area contributed by atoms with Crippen molar-refractivity contribution in [2.75, 3.05) is 0 Å². The van der Waals surface area contributed by atoms with Gasteiger partial charge in [-0.3, -0.25) is 24.0 Å². The van der Waals surface area contributed by atoms with E-state index in [1.165, 1.54) is 0 Å². The molecule has 0 fully saturated rings. The molecule has 4 atom stereocenters. The van der Waals surface area contributed by atoms with Crippen LogP contribution in [0.1, 0.15) is 34.1 Å². The lowest BCUT2D eigenvalue weighted by Crippen LogP contribution is -2.52. The summed E-state index contributed by atoms with van der Waals surface area (Å²) in [6, 6.07) is 1.73. The zero-order valence-electron chi connectivity index (χ0n) is 14.2. The van der Waals surface area contributed by atoms with Crippen molar-refractivity contribution >= 4 is 30.2 Å². The molecule has 0 amide bonds. The Labute approximate surface area is 144 Å². The first-order valence-electron chi connectivity index (χ1n) is 7.13. The van der Waals surface area contributed by atoms with Gasteiger partial charge in [-0.2, -0.15) is 5.26 Å². The molecule has 0 aliphatic rings. The van der Waals surface area contributed by atoms with Crippen molar-refractivity contribution in [3.8, 4) is 6.07 Å². The molecule has 138 valence electrons. The summed E-state index contributed by atoms with van der Waals surface area (Å²) in [5.74, 6) is -3.39. The number of ether oxygens (including phenoxy) is 4. The van der Waals surface area contributed by atoms with Gasteiger partial charge in [0.15, 0.2) is 30.7 Å². The van der Waals surface area contributed by atoms with Crippen molar-refractivity contribution in [2.24, 2.45) is 0 Å². The lowest BCUT2D eigenvalue weighted by atomic mass is 10.0. The summed E-state index contributed by atoms with van der Waals surface area (Å²) >= 11 is 0. The number of carbonyl (C=O) groups is 5. The van der Waals surface area contributed by atoms with Gasteiger partial charge in [-0.25, -0.2) is 0 Å². The van der Waals surface area contributed by atoms with Gasteiger partial charge < -0.3 is 18.9 Å². The van der Waals surface area contributed by atoms with E-state index in [-0.39, 0.29) is 6.29 Å². The van der Waals surface area contributed by atoms with E-state index >= 15 is 0 Å². The number of nitriles is 1. The summed E-state index contributed by atoms with van der Waals surface area (Å²) < 4.78 is 19.6. The summed E-state index contributed by atoms with van der Waals surface area (Å²) in [6.07, 6.45) is -6.40. The predicted octanol–water partition coefficient (Wildman–Crippen LogP) is -0.174. The number of aldehydes is 1. The Bertz CT molecular complexity index is 566. The molecule has 0 aliphatic heterocycles. The van der Waals surface area contributed by atoms with Gasteiger partial charge in [-0.1, -0.05) is 0 Å². The average Bonchev–Trinajstić information content (AvgIpc) is 2.47. The van der Waals surface area contributed by atoms with Crippen molar-refractivity contribution in [1.82, 2.24) is 0 Å². The minimum absolute atomic E-state index is 0.169. The molecule has 0 radical (unpaired) electrons. The molecule has 0 aliphatic carbocycles. The molecule has 0 bridgehead atoms. The van der Waals surface area contributed by atoms with Gasteiger partial charge in [0.1, 0.15) is 0 Å². The highest BCUT2D eigenvalue weighted by Crippen LogP contribution is 2.20. The topological polar surface area (TPSA) is 146 Å². The van der Waals surface area contributed by atoms with Crippen molar-refractivity contribution in [3.05, 3.63) is 0 Å². The molecule has 0 heterocycles. The normalized spacial score (nSPS) is 14.7. The lowest BCUT2D eigenvalue weighted by Gasteiger charge is -2.33. The zero-order valence-corrected chi connectivity index (χ0v) is 14.2. The molecule has 0 aromatic heterocycles. The monoisotopic (exact) mass is 357 g/mol. The van der Waals surface area contributed by atoms with E-state index in [4.69, 9.17) is 24.2 Å². The van der Waals surface area contributed by atoms with Crippen LogP contribution in [0.25, 0.3) is 0 Å². The molecule has 0 rings (SSSR count). The Morgan fingerprint density at radius 1 is 0.840 bits per heavy atom. The van der Waals surface area contributed by atoms with Crippen molar-refractivity contribution in [3.63, 3.8) is 0 Å². The summed E-state index contributed by atoms with van der Waals surface area (Å²) in [7, 11) is 0. The van der Waals surface area contributed by atoms with Gasteiger partial charge in [-0.15, -0.1) is 0 Å². The Morgan fingerprint density at radius 2 is 1.28 bits per heavy atom. The van der Waals surface area contributed by atoms with E-state index in [0.717, 1.165) is 27.7 Å². The SMILES string of the molecule is CC(=O)O[C@H]([C@H](OC(C)=O)[C@H](CC#N)OC(C)=O)[C@@H](C=O)OC(C)=O. The van der Waals surface area contributed by atoms with E-state index in [0.29, 0.717) is 0 Å².